The first kappa shape index (κ1) is 28.0. The maximum atomic E-state index is 14.3. The number of hydrogen-bond acceptors (Lipinski definition) is 5. The first-order valence-corrected chi connectivity index (χ1v) is 14.1. The fourth-order valence-electron chi connectivity index (χ4n) is 4.87. The lowest BCUT2D eigenvalue weighted by Crippen LogP contribution is -2.46. The van der Waals surface area contributed by atoms with E-state index in [9.17, 15) is 30.8 Å². The number of carboxylic acids is 1. The van der Waals surface area contributed by atoms with Crippen LogP contribution in [0.15, 0.2) is 65.6 Å². The van der Waals surface area contributed by atoms with E-state index in [2.05, 4.69) is 0 Å². The first-order chi connectivity index (χ1) is 18.8. The van der Waals surface area contributed by atoms with Crippen molar-refractivity contribution < 1.29 is 40.6 Å². The molecule has 212 valence electrons. The number of carboxylic acid groups (broad SMARTS) is 1. The highest BCUT2D eigenvalue weighted by atomic mass is 35.5. The molecule has 2 aliphatic rings. The molecule has 0 radical (unpaired) electrons. The SMILES string of the molecule is O=C(O)CC[C@H]1CN(S(=O)(=O)c2cccc(C(F)(F)F)c2)c2cc(C3CN(c4c(F)cccc4Cl)C3)ccc2O1. The standard InChI is InChI=1S/C27H23ClF4N2O5S/c28-21-5-2-6-22(29)26(21)33-13-17(14-33)16-7-9-24-23(11-16)34(15-19(39-24)8-10-25(35)36)40(37,38)20-4-1-3-18(12-20)27(30,31)32/h1-7,9,11-12,17,19H,8,10,13-15H2,(H,35,36)/t19-/m0/s1. The third-order valence-corrected chi connectivity index (χ3v) is 9.03. The number of alkyl halides is 3. The van der Waals surface area contributed by atoms with Crippen molar-refractivity contribution in [3.05, 3.63) is 82.6 Å². The molecule has 1 atom stereocenters. The molecule has 1 N–H and O–H groups in total. The van der Waals surface area contributed by atoms with E-state index < -0.39 is 44.5 Å². The van der Waals surface area contributed by atoms with Crippen molar-refractivity contribution in [2.45, 2.75) is 35.9 Å². The van der Waals surface area contributed by atoms with Crippen molar-refractivity contribution in [2.75, 3.05) is 28.8 Å². The van der Waals surface area contributed by atoms with E-state index in [-0.39, 0.29) is 47.5 Å². The van der Waals surface area contributed by atoms with Gasteiger partial charge in [-0.05, 0) is 54.4 Å². The van der Waals surface area contributed by atoms with Crippen molar-refractivity contribution in [1.82, 2.24) is 0 Å². The Morgan fingerprint density at radius 2 is 1.77 bits per heavy atom. The molecule has 40 heavy (non-hydrogen) atoms. The van der Waals surface area contributed by atoms with Crippen LogP contribution in [0.25, 0.3) is 0 Å². The minimum atomic E-state index is -4.75. The number of fused-ring (bicyclic) bond motifs is 1. The summed E-state index contributed by atoms with van der Waals surface area (Å²) in [6, 6.07) is 12.7. The highest BCUT2D eigenvalue weighted by Crippen LogP contribution is 2.43. The molecule has 3 aromatic carbocycles. The van der Waals surface area contributed by atoms with E-state index in [1.54, 1.807) is 29.2 Å². The summed E-state index contributed by atoms with van der Waals surface area (Å²) < 4.78 is 88.7. The monoisotopic (exact) mass is 598 g/mol. The summed E-state index contributed by atoms with van der Waals surface area (Å²) in [7, 11) is -4.50. The smallest absolute Gasteiger partial charge is 0.416 e. The lowest BCUT2D eigenvalue weighted by Gasteiger charge is -2.42. The average Bonchev–Trinajstić information content (AvgIpc) is 2.87. The Morgan fingerprint density at radius 1 is 1.05 bits per heavy atom. The van der Waals surface area contributed by atoms with E-state index in [1.165, 1.54) is 12.1 Å². The molecular weight excluding hydrogens is 576 g/mol. The minimum Gasteiger partial charge on any atom is -0.486 e. The van der Waals surface area contributed by atoms with E-state index in [4.69, 9.17) is 21.4 Å². The van der Waals surface area contributed by atoms with Gasteiger partial charge in [0, 0.05) is 25.4 Å². The number of rotatable bonds is 7. The van der Waals surface area contributed by atoms with Crippen LogP contribution in [0, 0.1) is 5.82 Å². The minimum absolute atomic E-state index is 0.00782. The molecule has 0 amide bonds. The van der Waals surface area contributed by atoms with Gasteiger partial charge >= 0.3 is 12.1 Å². The molecule has 0 aliphatic carbocycles. The molecule has 0 saturated carbocycles. The number of sulfonamides is 1. The summed E-state index contributed by atoms with van der Waals surface area (Å²) in [4.78, 5) is 12.3. The lowest BCUT2D eigenvalue weighted by molar-refractivity contribution is -0.138. The Morgan fingerprint density at radius 3 is 2.45 bits per heavy atom. The highest BCUT2D eigenvalue weighted by molar-refractivity contribution is 7.92. The fraction of sp³-hybridized carbons (Fsp3) is 0.296. The topological polar surface area (TPSA) is 87.2 Å². The Balaban J connectivity index is 1.48. The van der Waals surface area contributed by atoms with Gasteiger partial charge in [0.25, 0.3) is 10.0 Å². The van der Waals surface area contributed by atoms with Crippen molar-refractivity contribution in [3.8, 4) is 5.75 Å². The second-order valence-corrected chi connectivity index (χ2v) is 11.9. The number of halogens is 5. The third kappa shape index (κ3) is 5.42. The summed E-state index contributed by atoms with van der Waals surface area (Å²) in [6.07, 6.45) is -5.88. The molecule has 7 nitrogen and oxygen atoms in total. The second-order valence-electron chi connectivity index (χ2n) is 9.63. The quantitative estimate of drug-likeness (QED) is 0.340. The summed E-state index contributed by atoms with van der Waals surface area (Å²) in [5.74, 6) is -1.50. The Labute approximate surface area is 232 Å². The van der Waals surface area contributed by atoms with Crippen molar-refractivity contribution in [3.63, 3.8) is 0 Å². The first-order valence-electron chi connectivity index (χ1n) is 12.3. The predicted molar refractivity (Wildman–Crippen MR) is 140 cm³/mol. The molecule has 1 saturated heterocycles. The third-order valence-electron chi connectivity index (χ3n) is 6.95. The number of ether oxygens (including phenoxy) is 1. The van der Waals surface area contributed by atoms with Crippen molar-refractivity contribution >= 4 is 39.0 Å². The summed E-state index contributed by atoms with van der Waals surface area (Å²) >= 11 is 6.17. The predicted octanol–water partition coefficient (Wildman–Crippen LogP) is 5.92. The summed E-state index contributed by atoms with van der Waals surface area (Å²) in [5.41, 5.74) is 0.0134. The van der Waals surface area contributed by atoms with Crippen LogP contribution in [0.4, 0.5) is 28.9 Å². The van der Waals surface area contributed by atoms with Crippen LogP contribution in [0.2, 0.25) is 5.02 Å². The molecule has 3 aromatic rings. The van der Waals surface area contributed by atoms with Crippen LogP contribution in [0.1, 0.15) is 29.9 Å². The zero-order valence-corrected chi connectivity index (χ0v) is 22.3. The molecule has 2 aliphatic heterocycles. The number of hydrogen-bond donors (Lipinski definition) is 1. The highest BCUT2D eigenvalue weighted by Gasteiger charge is 2.38. The summed E-state index contributed by atoms with van der Waals surface area (Å²) in [5, 5.41) is 9.36. The van der Waals surface area contributed by atoms with Gasteiger partial charge in [0.2, 0.25) is 0 Å². The van der Waals surface area contributed by atoms with Crippen LogP contribution in [-0.2, 0) is 21.0 Å². The number of anilines is 2. The molecular formula is C27H23ClF4N2O5S. The Kier molecular flexibility index (Phi) is 7.34. The lowest BCUT2D eigenvalue weighted by atomic mass is 9.90. The van der Waals surface area contributed by atoms with Crippen molar-refractivity contribution in [1.29, 1.82) is 0 Å². The van der Waals surface area contributed by atoms with Gasteiger partial charge in [-0.25, -0.2) is 12.8 Å². The maximum Gasteiger partial charge on any atom is 0.416 e. The van der Waals surface area contributed by atoms with Crippen LogP contribution in [0.5, 0.6) is 5.75 Å². The van der Waals surface area contributed by atoms with Crippen LogP contribution in [0.3, 0.4) is 0 Å². The van der Waals surface area contributed by atoms with E-state index in [0.29, 0.717) is 19.2 Å². The number of aliphatic carboxylic acids is 1. The van der Waals surface area contributed by atoms with Gasteiger partial charge in [0.1, 0.15) is 17.7 Å². The van der Waals surface area contributed by atoms with Crippen LogP contribution in [-0.4, -0.2) is 45.2 Å². The largest absolute Gasteiger partial charge is 0.486 e. The zero-order chi connectivity index (χ0) is 28.8. The molecule has 0 spiro atoms. The molecule has 0 aromatic heterocycles. The average molecular weight is 599 g/mol. The van der Waals surface area contributed by atoms with E-state index in [0.717, 1.165) is 28.1 Å². The van der Waals surface area contributed by atoms with Crippen LogP contribution < -0.4 is 13.9 Å². The Bertz CT molecular complexity index is 1540. The fourth-order valence-corrected chi connectivity index (χ4v) is 6.70. The van der Waals surface area contributed by atoms with Gasteiger partial charge < -0.3 is 14.7 Å². The molecule has 1 fully saturated rings. The molecule has 0 unspecified atom stereocenters. The molecule has 13 heteroatoms. The zero-order valence-electron chi connectivity index (χ0n) is 20.7. The van der Waals surface area contributed by atoms with Crippen molar-refractivity contribution in [2.24, 2.45) is 0 Å². The maximum absolute atomic E-state index is 14.3. The second kappa shape index (κ2) is 10.5. The molecule has 5 rings (SSSR count). The number of para-hydroxylation sites is 1. The molecule has 0 bridgehead atoms. The van der Waals surface area contributed by atoms with E-state index in [1.807, 2.05) is 0 Å². The van der Waals surface area contributed by atoms with Gasteiger partial charge in [0.15, 0.2) is 0 Å². The molecule has 2 heterocycles. The van der Waals surface area contributed by atoms with Gasteiger partial charge in [-0.2, -0.15) is 13.2 Å². The number of nitrogens with zero attached hydrogens (tertiary/aromatic N) is 2. The number of carbonyl (C=O) groups is 1. The van der Waals surface area contributed by atoms with E-state index >= 15 is 0 Å². The normalized spacial score (nSPS) is 17.7. The van der Waals surface area contributed by atoms with Gasteiger partial charge in [-0.3, -0.25) is 9.10 Å². The summed E-state index contributed by atoms with van der Waals surface area (Å²) in [6.45, 7) is 0.522. The van der Waals surface area contributed by atoms with Gasteiger partial charge in [-0.1, -0.05) is 29.8 Å². The Hall–Kier alpha value is -3.51. The van der Waals surface area contributed by atoms with Gasteiger partial charge in [0.05, 0.1) is 33.4 Å². The van der Waals surface area contributed by atoms with Gasteiger partial charge in [-0.15, -0.1) is 0 Å². The number of benzene rings is 3. The van der Waals surface area contributed by atoms with Crippen LogP contribution >= 0.6 is 11.6 Å².